The maximum absolute atomic E-state index is 12.2. The number of amides is 1. The number of aromatic amines is 1. The highest BCUT2D eigenvalue weighted by Gasteiger charge is 2.26. The Morgan fingerprint density at radius 2 is 2.24 bits per heavy atom. The second kappa shape index (κ2) is 8.22. The molecule has 0 aliphatic carbocycles. The fraction of sp³-hybridized carbons (Fsp3) is 0.500. The van der Waals surface area contributed by atoms with Crippen LogP contribution in [0.25, 0.3) is 0 Å². The number of carbonyl (C=O) groups is 1. The summed E-state index contributed by atoms with van der Waals surface area (Å²) < 4.78 is 5.72. The molecule has 1 atom stereocenters. The third-order valence-electron chi connectivity index (χ3n) is 4.40. The molecule has 2 heterocycles. The molecule has 1 fully saturated rings. The highest BCUT2D eigenvalue weighted by molar-refractivity contribution is 5.78. The van der Waals surface area contributed by atoms with Crippen molar-refractivity contribution < 1.29 is 9.53 Å². The molecular weight excluding hydrogens is 318 g/mol. The number of hydrogen-bond acceptors (Lipinski definition) is 5. The van der Waals surface area contributed by atoms with E-state index in [0.29, 0.717) is 32.1 Å². The fourth-order valence-electron chi connectivity index (χ4n) is 2.99. The van der Waals surface area contributed by atoms with E-state index in [0.717, 1.165) is 18.8 Å². The average Bonchev–Trinajstić information content (AvgIpc) is 3.03. The molecule has 1 aromatic heterocycles. The lowest BCUT2D eigenvalue weighted by Crippen LogP contribution is -2.44. The van der Waals surface area contributed by atoms with Gasteiger partial charge in [-0.2, -0.15) is 5.10 Å². The lowest BCUT2D eigenvalue weighted by atomic mass is 10.1. The predicted molar refractivity (Wildman–Crippen MR) is 94.1 cm³/mol. The van der Waals surface area contributed by atoms with E-state index in [1.54, 1.807) is 0 Å². The van der Waals surface area contributed by atoms with Crippen LogP contribution in [0.2, 0.25) is 0 Å². The molecule has 0 radical (unpaired) electrons. The fourth-order valence-corrected chi connectivity index (χ4v) is 2.99. The van der Waals surface area contributed by atoms with Crippen LogP contribution in [-0.2, 0) is 16.0 Å². The van der Waals surface area contributed by atoms with Gasteiger partial charge in [-0.1, -0.05) is 24.3 Å². The van der Waals surface area contributed by atoms with E-state index < -0.39 is 0 Å². The van der Waals surface area contributed by atoms with Crippen molar-refractivity contribution in [3.05, 3.63) is 47.0 Å². The van der Waals surface area contributed by atoms with Crippen molar-refractivity contribution in [1.82, 2.24) is 25.4 Å². The zero-order chi connectivity index (χ0) is 17.6. The number of aryl methyl sites for hydroxylation is 2. The largest absolute Gasteiger partial charge is 0.367 e. The minimum absolute atomic E-state index is 0.0420. The van der Waals surface area contributed by atoms with Gasteiger partial charge in [-0.3, -0.25) is 14.8 Å². The maximum Gasteiger partial charge on any atom is 0.234 e. The minimum Gasteiger partial charge on any atom is -0.367 e. The highest BCUT2D eigenvalue weighted by atomic mass is 16.5. The van der Waals surface area contributed by atoms with Crippen LogP contribution in [0, 0.1) is 13.8 Å². The van der Waals surface area contributed by atoms with Gasteiger partial charge in [-0.25, -0.2) is 4.98 Å². The molecule has 1 aliphatic rings. The Morgan fingerprint density at radius 1 is 1.40 bits per heavy atom. The highest BCUT2D eigenvalue weighted by Crippen LogP contribution is 2.18. The van der Waals surface area contributed by atoms with Crippen LogP contribution in [0.1, 0.15) is 28.9 Å². The molecule has 1 aliphatic heterocycles. The van der Waals surface area contributed by atoms with Gasteiger partial charge in [0.2, 0.25) is 5.91 Å². The lowest BCUT2D eigenvalue weighted by Gasteiger charge is -2.30. The Kier molecular flexibility index (Phi) is 5.78. The monoisotopic (exact) mass is 343 g/mol. The van der Waals surface area contributed by atoms with Gasteiger partial charge < -0.3 is 10.1 Å². The van der Waals surface area contributed by atoms with Crippen LogP contribution in [-0.4, -0.2) is 58.8 Å². The Labute approximate surface area is 147 Å². The van der Waals surface area contributed by atoms with Gasteiger partial charge in [-0.15, -0.1) is 0 Å². The Bertz CT molecular complexity index is 715. The molecule has 1 aromatic carbocycles. The molecule has 1 unspecified atom stereocenters. The van der Waals surface area contributed by atoms with Crippen LogP contribution >= 0.6 is 0 Å². The molecule has 134 valence electrons. The van der Waals surface area contributed by atoms with E-state index >= 15 is 0 Å². The lowest BCUT2D eigenvalue weighted by molar-refractivity contribution is -0.124. The summed E-state index contributed by atoms with van der Waals surface area (Å²) in [6, 6.07) is 8.26. The van der Waals surface area contributed by atoms with Crippen molar-refractivity contribution in [1.29, 1.82) is 0 Å². The molecule has 7 heteroatoms. The summed E-state index contributed by atoms with van der Waals surface area (Å²) >= 11 is 0. The van der Waals surface area contributed by atoms with E-state index in [1.807, 2.05) is 19.1 Å². The summed E-state index contributed by atoms with van der Waals surface area (Å²) in [5.41, 5.74) is 2.53. The third kappa shape index (κ3) is 4.87. The summed E-state index contributed by atoms with van der Waals surface area (Å²) in [7, 11) is 0. The topological polar surface area (TPSA) is 83.1 Å². The number of rotatable bonds is 6. The zero-order valence-electron chi connectivity index (χ0n) is 14.8. The first-order chi connectivity index (χ1) is 12.1. The molecule has 7 nitrogen and oxygen atoms in total. The van der Waals surface area contributed by atoms with E-state index in [-0.39, 0.29) is 12.0 Å². The number of benzene rings is 1. The molecular formula is C18H25N5O2. The standard InChI is InChI=1S/C18H25N5O2/c1-13-5-3-4-6-15(13)7-8-19-17(24)12-23-9-10-25-16(11-23)18-20-14(2)21-22-18/h3-6,16H,7-12H2,1-2H3,(H,19,24)(H,20,21,22). The van der Waals surface area contributed by atoms with Crippen LogP contribution < -0.4 is 5.32 Å². The van der Waals surface area contributed by atoms with Crippen LogP contribution in [0.4, 0.5) is 0 Å². The molecule has 0 spiro atoms. The number of carbonyl (C=O) groups excluding carboxylic acids is 1. The quantitative estimate of drug-likeness (QED) is 0.822. The van der Waals surface area contributed by atoms with Crippen LogP contribution in [0.3, 0.4) is 0 Å². The van der Waals surface area contributed by atoms with Gasteiger partial charge in [0, 0.05) is 19.6 Å². The van der Waals surface area contributed by atoms with Gasteiger partial charge in [0.25, 0.3) is 0 Å². The number of H-pyrrole nitrogens is 1. The van der Waals surface area contributed by atoms with Crippen molar-refractivity contribution in [3.63, 3.8) is 0 Å². The average molecular weight is 343 g/mol. The number of morpholine rings is 1. The summed E-state index contributed by atoms with van der Waals surface area (Å²) in [5.74, 6) is 1.47. The SMILES string of the molecule is Cc1nc(C2CN(CC(=O)NCCc3ccccc3C)CCO2)n[nH]1. The number of ether oxygens (including phenoxy) is 1. The third-order valence-corrected chi connectivity index (χ3v) is 4.40. The first kappa shape index (κ1) is 17.6. The van der Waals surface area contributed by atoms with E-state index in [9.17, 15) is 4.79 Å². The molecule has 0 bridgehead atoms. The molecule has 1 amide bonds. The first-order valence-corrected chi connectivity index (χ1v) is 8.66. The summed E-state index contributed by atoms with van der Waals surface area (Å²) in [6.45, 7) is 6.92. The molecule has 25 heavy (non-hydrogen) atoms. The Morgan fingerprint density at radius 3 is 3.00 bits per heavy atom. The van der Waals surface area contributed by atoms with Crippen molar-refractivity contribution in [3.8, 4) is 0 Å². The van der Waals surface area contributed by atoms with Gasteiger partial charge in [-0.05, 0) is 31.4 Å². The van der Waals surface area contributed by atoms with Crippen molar-refractivity contribution in [2.24, 2.45) is 0 Å². The second-order valence-electron chi connectivity index (χ2n) is 6.40. The Balaban J connectivity index is 1.43. The van der Waals surface area contributed by atoms with Crippen molar-refractivity contribution in [2.75, 3.05) is 32.8 Å². The predicted octanol–water partition coefficient (Wildman–Crippen LogP) is 1.15. The second-order valence-corrected chi connectivity index (χ2v) is 6.40. The van der Waals surface area contributed by atoms with Gasteiger partial charge in [0.1, 0.15) is 11.9 Å². The molecule has 2 aromatic rings. The molecule has 3 rings (SSSR count). The van der Waals surface area contributed by atoms with Gasteiger partial charge in [0.05, 0.1) is 13.2 Å². The van der Waals surface area contributed by atoms with Crippen LogP contribution in [0.5, 0.6) is 0 Å². The summed E-state index contributed by atoms with van der Waals surface area (Å²) in [4.78, 5) is 18.6. The summed E-state index contributed by atoms with van der Waals surface area (Å²) in [5, 5.41) is 9.99. The Hall–Kier alpha value is -2.25. The van der Waals surface area contributed by atoms with Gasteiger partial charge in [0.15, 0.2) is 5.82 Å². The number of nitrogens with one attached hydrogen (secondary N) is 2. The van der Waals surface area contributed by atoms with Gasteiger partial charge >= 0.3 is 0 Å². The summed E-state index contributed by atoms with van der Waals surface area (Å²) in [6.07, 6.45) is 0.666. The van der Waals surface area contributed by atoms with Crippen molar-refractivity contribution in [2.45, 2.75) is 26.4 Å². The normalized spacial score (nSPS) is 18.2. The maximum atomic E-state index is 12.2. The zero-order valence-corrected chi connectivity index (χ0v) is 14.8. The minimum atomic E-state index is -0.182. The van der Waals surface area contributed by atoms with Crippen LogP contribution in [0.15, 0.2) is 24.3 Å². The number of nitrogens with zero attached hydrogens (tertiary/aromatic N) is 3. The number of hydrogen-bond donors (Lipinski definition) is 2. The number of aromatic nitrogens is 3. The molecule has 2 N–H and O–H groups in total. The van der Waals surface area contributed by atoms with Crippen molar-refractivity contribution >= 4 is 5.91 Å². The van der Waals surface area contributed by atoms with E-state index in [4.69, 9.17) is 4.74 Å². The van der Waals surface area contributed by atoms with E-state index in [2.05, 4.69) is 44.5 Å². The smallest absolute Gasteiger partial charge is 0.234 e. The first-order valence-electron chi connectivity index (χ1n) is 8.66. The van der Waals surface area contributed by atoms with E-state index in [1.165, 1.54) is 11.1 Å². The molecule has 0 saturated carbocycles. The molecule has 1 saturated heterocycles.